The summed E-state index contributed by atoms with van der Waals surface area (Å²) in [7, 11) is 5.73. The minimum absolute atomic E-state index is 0. The number of anilines is 2. The molecule has 0 radical (unpaired) electrons. The summed E-state index contributed by atoms with van der Waals surface area (Å²) in [5.74, 6) is 3.97. The lowest BCUT2D eigenvalue weighted by molar-refractivity contribution is 0.310. The van der Waals surface area contributed by atoms with Crippen LogP contribution in [0.25, 0.3) is 10.9 Å². The molecule has 0 unspecified atom stereocenters. The Bertz CT molecular complexity index is 1080. The van der Waals surface area contributed by atoms with E-state index in [2.05, 4.69) is 39.8 Å². The van der Waals surface area contributed by atoms with E-state index in [1.165, 1.54) is 18.4 Å². The van der Waals surface area contributed by atoms with Gasteiger partial charge in [-0.25, -0.2) is 4.98 Å². The predicted octanol–water partition coefficient (Wildman–Crippen LogP) is 5.50. The average Bonchev–Trinajstić information content (AvgIpc) is 2.85. The van der Waals surface area contributed by atoms with Gasteiger partial charge in [0, 0.05) is 32.1 Å². The number of hydrogen-bond donors (Lipinski definition) is 2. The third kappa shape index (κ3) is 6.75. The maximum Gasteiger partial charge on any atom is 0.225 e. The van der Waals surface area contributed by atoms with Crippen molar-refractivity contribution in [3.8, 4) is 11.5 Å². The highest BCUT2D eigenvalue weighted by molar-refractivity contribution is 5.90. The van der Waals surface area contributed by atoms with Crippen LogP contribution in [0, 0.1) is 5.92 Å². The first-order chi connectivity index (χ1) is 16.6. The molecule has 1 saturated carbocycles. The van der Waals surface area contributed by atoms with Gasteiger partial charge < -0.3 is 25.0 Å². The smallest absolute Gasteiger partial charge is 0.225 e. The van der Waals surface area contributed by atoms with Crippen molar-refractivity contribution in [3.63, 3.8) is 0 Å². The van der Waals surface area contributed by atoms with E-state index >= 15 is 0 Å². The van der Waals surface area contributed by atoms with Crippen LogP contribution in [0.2, 0.25) is 0 Å². The second-order valence-electron chi connectivity index (χ2n) is 9.19. The number of methoxy groups -OCH3 is 1. The first kappa shape index (κ1) is 26.5. The van der Waals surface area contributed by atoms with E-state index in [-0.39, 0.29) is 7.43 Å². The Morgan fingerprint density at radius 2 is 1.77 bits per heavy atom. The molecule has 0 spiro atoms. The van der Waals surface area contributed by atoms with E-state index in [1.54, 1.807) is 7.11 Å². The molecular formula is C28H41N5O2. The third-order valence-corrected chi connectivity index (χ3v) is 6.48. The number of hydrogen-bond acceptors (Lipinski definition) is 7. The van der Waals surface area contributed by atoms with E-state index in [9.17, 15) is 0 Å². The standard InChI is InChI=1S/C27H37N5O2.CH4/c1-5-34-25-16-20(12-15-24(25)33-4)18-28-17-19-10-13-21(14-11-19)29-27-30-23-9-7-6-8-22(23)26(31-27)32(2)3;/h6-9,12,15-16,19,21,28H,5,10-11,13-14,17-18H2,1-4H3,(H,29,30,31);1H4. The maximum absolute atomic E-state index is 5.70. The summed E-state index contributed by atoms with van der Waals surface area (Å²) in [4.78, 5) is 11.6. The van der Waals surface area contributed by atoms with Crippen LogP contribution in [0.3, 0.4) is 0 Å². The van der Waals surface area contributed by atoms with E-state index in [4.69, 9.17) is 19.4 Å². The summed E-state index contributed by atoms with van der Waals surface area (Å²) in [6.07, 6.45) is 4.67. The minimum Gasteiger partial charge on any atom is -0.493 e. The number of nitrogens with zero attached hydrogens (tertiary/aromatic N) is 3. The van der Waals surface area contributed by atoms with Gasteiger partial charge in [0.2, 0.25) is 5.95 Å². The zero-order valence-electron chi connectivity index (χ0n) is 20.8. The highest BCUT2D eigenvalue weighted by Gasteiger charge is 2.22. The van der Waals surface area contributed by atoms with Crippen molar-refractivity contribution < 1.29 is 9.47 Å². The molecule has 0 aliphatic heterocycles. The summed E-state index contributed by atoms with van der Waals surface area (Å²) >= 11 is 0. The molecule has 1 aliphatic carbocycles. The van der Waals surface area contributed by atoms with Crippen molar-refractivity contribution >= 4 is 22.7 Å². The predicted molar refractivity (Wildman–Crippen MR) is 146 cm³/mol. The Hall–Kier alpha value is -3.06. The lowest BCUT2D eigenvalue weighted by atomic mass is 9.86. The van der Waals surface area contributed by atoms with Gasteiger partial charge in [-0.05, 0) is 74.9 Å². The third-order valence-electron chi connectivity index (χ3n) is 6.48. The van der Waals surface area contributed by atoms with Crippen LogP contribution in [0.1, 0.15) is 45.6 Å². The molecule has 2 N–H and O–H groups in total. The average molecular weight is 480 g/mol. The minimum atomic E-state index is 0. The second-order valence-corrected chi connectivity index (χ2v) is 9.19. The highest BCUT2D eigenvalue weighted by Crippen LogP contribution is 2.29. The number of fused-ring (bicyclic) bond motifs is 1. The number of aromatic nitrogens is 2. The molecule has 1 heterocycles. The van der Waals surface area contributed by atoms with Gasteiger partial charge in [0.1, 0.15) is 5.82 Å². The maximum atomic E-state index is 5.70. The van der Waals surface area contributed by atoms with Crippen LogP contribution in [-0.4, -0.2) is 50.4 Å². The van der Waals surface area contributed by atoms with Crippen molar-refractivity contribution in [2.45, 2.75) is 52.6 Å². The number of para-hydroxylation sites is 1. The molecule has 4 rings (SSSR count). The zero-order valence-corrected chi connectivity index (χ0v) is 20.8. The summed E-state index contributed by atoms with van der Waals surface area (Å²) in [5.41, 5.74) is 2.19. The van der Waals surface area contributed by atoms with Crippen LogP contribution < -0.4 is 25.0 Å². The fraction of sp³-hybridized carbons (Fsp3) is 0.500. The number of rotatable bonds is 10. The van der Waals surface area contributed by atoms with Crippen LogP contribution in [-0.2, 0) is 6.54 Å². The van der Waals surface area contributed by atoms with Crippen LogP contribution in [0.15, 0.2) is 42.5 Å². The van der Waals surface area contributed by atoms with Crippen molar-refractivity contribution in [1.29, 1.82) is 0 Å². The molecule has 2 aromatic carbocycles. The Morgan fingerprint density at radius 3 is 2.49 bits per heavy atom. The SMILES string of the molecule is C.CCOc1cc(CNCC2CCC(Nc3nc(N(C)C)c4ccccc4n3)CC2)ccc1OC. The van der Waals surface area contributed by atoms with Gasteiger partial charge in [-0.1, -0.05) is 25.6 Å². The van der Waals surface area contributed by atoms with Gasteiger partial charge in [-0.15, -0.1) is 0 Å². The molecule has 1 aliphatic rings. The highest BCUT2D eigenvalue weighted by atomic mass is 16.5. The topological polar surface area (TPSA) is 71.5 Å². The van der Waals surface area contributed by atoms with Gasteiger partial charge in [0.25, 0.3) is 0 Å². The Labute approximate surface area is 210 Å². The molecule has 0 bridgehead atoms. The molecular weight excluding hydrogens is 438 g/mol. The van der Waals surface area contributed by atoms with Gasteiger partial charge in [0.15, 0.2) is 11.5 Å². The van der Waals surface area contributed by atoms with E-state index in [0.29, 0.717) is 18.6 Å². The first-order valence-corrected chi connectivity index (χ1v) is 12.3. The normalized spacial score (nSPS) is 17.5. The van der Waals surface area contributed by atoms with Crippen LogP contribution >= 0.6 is 0 Å². The summed E-state index contributed by atoms with van der Waals surface area (Å²) < 4.78 is 11.1. The molecule has 1 fully saturated rings. The summed E-state index contributed by atoms with van der Waals surface area (Å²) in [6, 6.07) is 14.8. The lowest BCUT2D eigenvalue weighted by Crippen LogP contribution is -2.31. The first-order valence-electron chi connectivity index (χ1n) is 12.3. The van der Waals surface area contributed by atoms with E-state index in [1.807, 2.05) is 39.2 Å². The number of nitrogens with one attached hydrogen (secondary N) is 2. The van der Waals surface area contributed by atoms with Crippen molar-refractivity contribution in [2.75, 3.05) is 44.6 Å². The molecule has 190 valence electrons. The molecule has 35 heavy (non-hydrogen) atoms. The van der Waals surface area contributed by atoms with Gasteiger partial charge in [-0.2, -0.15) is 4.98 Å². The molecule has 1 aromatic heterocycles. The Balaban J connectivity index is 0.00000342. The van der Waals surface area contributed by atoms with Gasteiger partial charge in [-0.3, -0.25) is 0 Å². The summed E-state index contributed by atoms with van der Waals surface area (Å²) in [5, 5.41) is 8.32. The Kier molecular flexibility index (Phi) is 9.55. The Morgan fingerprint density at radius 1 is 1.00 bits per heavy atom. The van der Waals surface area contributed by atoms with Crippen molar-refractivity contribution in [2.24, 2.45) is 5.92 Å². The quantitative estimate of drug-likeness (QED) is 0.398. The van der Waals surface area contributed by atoms with Crippen molar-refractivity contribution in [3.05, 3.63) is 48.0 Å². The monoisotopic (exact) mass is 479 g/mol. The fourth-order valence-electron chi connectivity index (χ4n) is 4.68. The van der Waals surface area contributed by atoms with E-state index in [0.717, 1.165) is 60.1 Å². The fourth-order valence-corrected chi connectivity index (χ4v) is 4.68. The van der Waals surface area contributed by atoms with Gasteiger partial charge >= 0.3 is 0 Å². The lowest BCUT2D eigenvalue weighted by Gasteiger charge is -2.29. The largest absolute Gasteiger partial charge is 0.493 e. The summed E-state index contributed by atoms with van der Waals surface area (Å²) in [6.45, 7) is 4.48. The molecule has 3 aromatic rings. The second kappa shape index (κ2) is 12.6. The van der Waals surface area contributed by atoms with Crippen molar-refractivity contribution in [1.82, 2.24) is 15.3 Å². The van der Waals surface area contributed by atoms with Gasteiger partial charge in [0.05, 0.1) is 19.2 Å². The molecule has 0 saturated heterocycles. The van der Waals surface area contributed by atoms with Crippen LogP contribution in [0.5, 0.6) is 11.5 Å². The zero-order chi connectivity index (χ0) is 23.9. The molecule has 0 atom stereocenters. The van der Waals surface area contributed by atoms with Crippen LogP contribution in [0.4, 0.5) is 11.8 Å². The molecule has 7 heteroatoms. The van der Waals surface area contributed by atoms with E-state index < -0.39 is 0 Å². The number of ether oxygens (including phenoxy) is 2. The molecule has 7 nitrogen and oxygen atoms in total. The molecule has 0 amide bonds. The number of benzene rings is 2.